The second-order valence-electron chi connectivity index (χ2n) is 10.0. The molecule has 0 radical (unpaired) electrons. The lowest BCUT2D eigenvalue weighted by atomic mass is 10.0. The molecule has 2 aromatic heterocycles. The fraction of sp³-hybridized carbons (Fsp3) is 0.423. The predicted molar refractivity (Wildman–Crippen MR) is 142 cm³/mol. The molecule has 2 aliphatic rings. The quantitative estimate of drug-likeness (QED) is 0.343. The summed E-state index contributed by atoms with van der Waals surface area (Å²) in [5.74, 6) is -0.385. The lowest BCUT2D eigenvalue weighted by Gasteiger charge is -2.25. The third kappa shape index (κ3) is 4.35. The molecule has 3 heterocycles. The second-order valence-corrected chi connectivity index (χ2v) is 10.4. The Kier molecular flexibility index (Phi) is 6.52. The zero-order valence-corrected chi connectivity index (χ0v) is 22.5. The monoisotopic (exact) mass is 540 g/mol. The van der Waals surface area contributed by atoms with E-state index in [9.17, 15) is 19.5 Å². The summed E-state index contributed by atoms with van der Waals surface area (Å²) in [6, 6.07) is 6.44. The Hall–Kier alpha value is -3.70. The van der Waals surface area contributed by atoms with Crippen molar-refractivity contribution < 1.29 is 19.5 Å². The van der Waals surface area contributed by atoms with Gasteiger partial charge in [0.2, 0.25) is 11.9 Å². The fourth-order valence-electron chi connectivity index (χ4n) is 5.54. The van der Waals surface area contributed by atoms with E-state index in [0.29, 0.717) is 35.6 Å². The molecule has 2 fully saturated rings. The van der Waals surface area contributed by atoms with Crippen LogP contribution < -0.4 is 15.8 Å². The number of fused-ring (bicyclic) bond motifs is 2. The number of benzene rings is 1. The number of hydrogen-bond donors (Lipinski definition) is 2. The molecular weight excluding hydrogens is 512 g/mol. The number of halogens is 1. The van der Waals surface area contributed by atoms with E-state index in [2.05, 4.69) is 15.2 Å². The Bertz CT molecular complexity index is 1510. The zero-order chi connectivity index (χ0) is 27.5. The summed E-state index contributed by atoms with van der Waals surface area (Å²) in [5, 5.41) is 14.6. The molecule has 11 nitrogen and oxygen atoms in total. The van der Waals surface area contributed by atoms with Crippen molar-refractivity contribution in [3.05, 3.63) is 56.6 Å². The summed E-state index contributed by atoms with van der Waals surface area (Å²) in [5.41, 5.74) is 2.12. The van der Waals surface area contributed by atoms with Crippen LogP contribution in [0.15, 0.2) is 29.1 Å². The van der Waals surface area contributed by atoms with Crippen molar-refractivity contribution in [2.75, 3.05) is 37.5 Å². The van der Waals surface area contributed by atoms with E-state index in [4.69, 9.17) is 21.4 Å². The van der Waals surface area contributed by atoms with E-state index in [1.165, 1.54) is 18.2 Å². The molecule has 12 heteroatoms. The van der Waals surface area contributed by atoms with Gasteiger partial charge in [0.15, 0.2) is 5.69 Å². The normalized spacial score (nSPS) is 20.8. The smallest absolute Gasteiger partial charge is 0.356 e. The number of aromatic nitrogens is 3. The van der Waals surface area contributed by atoms with Gasteiger partial charge in [0, 0.05) is 32.7 Å². The number of nitrogens with zero attached hydrogens (tertiary/aromatic N) is 5. The minimum atomic E-state index is -1.20. The van der Waals surface area contributed by atoms with Crippen LogP contribution >= 0.6 is 11.6 Å². The first-order valence-corrected chi connectivity index (χ1v) is 12.6. The predicted octanol–water partition coefficient (Wildman–Crippen LogP) is 2.86. The van der Waals surface area contributed by atoms with Crippen molar-refractivity contribution in [1.82, 2.24) is 19.6 Å². The number of carbonyl (C=O) groups is 2. The standard InChI is InChI=1S/C26H29ClN6O5/c1-12-8-14(13(2)28-18-6-7-19(27)29-22(18)25(36)37)21-15(9-12)23(34)31(3)26(30-21)33-10-16-17(11-33)20(16)24(35)32(4)38-5/h6-9,13,16-17,20,28H,10-11H2,1-5H3,(H,36,37)/t13-,16-,17+,20?/m0/s1. The molecule has 4 atom stereocenters. The molecular formula is C26H29ClN6O5. The van der Waals surface area contributed by atoms with Gasteiger partial charge in [-0.05, 0) is 49.4 Å². The van der Waals surface area contributed by atoms with Gasteiger partial charge in [0.1, 0.15) is 5.15 Å². The van der Waals surface area contributed by atoms with E-state index < -0.39 is 12.0 Å². The average Bonchev–Trinajstić information content (AvgIpc) is 3.38. The van der Waals surface area contributed by atoms with Crippen LogP contribution in [0, 0.1) is 24.7 Å². The third-order valence-corrected chi connectivity index (χ3v) is 7.79. The van der Waals surface area contributed by atoms with Crippen molar-refractivity contribution in [3.8, 4) is 0 Å². The van der Waals surface area contributed by atoms with Crippen molar-refractivity contribution in [3.63, 3.8) is 0 Å². The highest BCUT2D eigenvalue weighted by atomic mass is 35.5. The number of anilines is 2. The number of aryl methyl sites for hydroxylation is 1. The minimum absolute atomic E-state index is 0.0300. The molecule has 1 aliphatic carbocycles. The molecule has 200 valence electrons. The Morgan fingerprint density at radius 2 is 1.92 bits per heavy atom. The van der Waals surface area contributed by atoms with Gasteiger partial charge in [-0.1, -0.05) is 17.7 Å². The Balaban J connectivity index is 1.49. The minimum Gasteiger partial charge on any atom is -0.476 e. The second kappa shape index (κ2) is 9.55. The molecule has 0 spiro atoms. The number of piperidine rings is 1. The number of hydroxylamine groups is 2. The number of carboxylic acid groups (broad SMARTS) is 1. The first-order chi connectivity index (χ1) is 18.0. The largest absolute Gasteiger partial charge is 0.476 e. The first kappa shape index (κ1) is 25.9. The summed E-state index contributed by atoms with van der Waals surface area (Å²) in [6.45, 7) is 5.02. The zero-order valence-electron chi connectivity index (χ0n) is 21.7. The number of aromatic carboxylic acids is 1. The maximum atomic E-state index is 13.5. The summed E-state index contributed by atoms with van der Waals surface area (Å²) in [6.07, 6.45) is 0. The number of carbonyl (C=O) groups excluding carboxylic acids is 1. The molecule has 1 unspecified atom stereocenters. The molecule has 1 aliphatic heterocycles. The third-order valence-electron chi connectivity index (χ3n) is 7.58. The van der Waals surface area contributed by atoms with E-state index in [-0.39, 0.29) is 40.1 Å². The Morgan fingerprint density at radius 1 is 1.24 bits per heavy atom. The molecule has 1 saturated carbocycles. The SMILES string of the molecule is CON(C)C(=O)C1[C@H]2CN(c3nc4c([C@H](C)Nc5ccc(Cl)nc5C(=O)O)cc(C)cc4c(=O)n3C)C[C@@H]12. The van der Waals surface area contributed by atoms with Crippen molar-refractivity contribution in [2.45, 2.75) is 19.9 Å². The highest BCUT2D eigenvalue weighted by Gasteiger charge is 2.60. The topological polar surface area (TPSA) is 130 Å². The lowest BCUT2D eigenvalue weighted by Crippen LogP contribution is -2.35. The molecule has 2 N–H and O–H groups in total. The number of rotatable bonds is 7. The summed E-state index contributed by atoms with van der Waals surface area (Å²) >= 11 is 5.91. The number of hydrogen-bond acceptors (Lipinski definition) is 8. The number of pyridine rings is 1. The highest BCUT2D eigenvalue weighted by Crippen LogP contribution is 2.53. The van der Waals surface area contributed by atoms with Gasteiger partial charge >= 0.3 is 5.97 Å². The van der Waals surface area contributed by atoms with Gasteiger partial charge in [0.05, 0.1) is 35.7 Å². The first-order valence-electron chi connectivity index (χ1n) is 12.3. The van der Waals surface area contributed by atoms with Crippen LogP contribution in [0.3, 0.4) is 0 Å². The van der Waals surface area contributed by atoms with Gasteiger partial charge in [0.25, 0.3) is 5.56 Å². The summed E-state index contributed by atoms with van der Waals surface area (Å²) in [7, 11) is 4.79. The van der Waals surface area contributed by atoms with Crippen LogP contribution in [0.25, 0.3) is 10.9 Å². The average molecular weight is 541 g/mol. The molecule has 5 rings (SSSR count). The van der Waals surface area contributed by atoms with Crippen molar-refractivity contribution in [2.24, 2.45) is 24.8 Å². The number of carboxylic acids is 1. The van der Waals surface area contributed by atoms with Gasteiger partial charge in [-0.15, -0.1) is 0 Å². The van der Waals surface area contributed by atoms with Crippen LogP contribution in [0.2, 0.25) is 5.15 Å². The van der Waals surface area contributed by atoms with Crippen molar-refractivity contribution in [1.29, 1.82) is 0 Å². The summed E-state index contributed by atoms with van der Waals surface area (Å²) < 4.78 is 1.55. The molecule has 0 bridgehead atoms. The van der Waals surface area contributed by atoms with Gasteiger partial charge < -0.3 is 15.3 Å². The molecule has 38 heavy (non-hydrogen) atoms. The lowest BCUT2D eigenvalue weighted by molar-refractivity contribution is -0.171. The van der Waals surface area contributed by atoms with Crippen molar-refractivity contribution >= 4 is 46.0 Å². The van der Waals surface area contributed by atoms with E-state index in [1.807, 2.05) is 26.0 Å². The molecule has 3 aromatic rings. The van der Waals surface area contributed by atoms with Crippen LogP contribution in [0.5, 0.6) is 0 Å². The summed E-state index contributed by atoms with van der Waals surface area (Å²) in [4.78, 5) is 53.7. The Morgan fingerprint density at radius 3 is 2.55 bits per heavy atom. The number of nitrogens with one attached hydrogen (secondary N) is 1. The fourth-order valence-corrected chi connectivity index (χ4v) is 5.68. The highest BCUT2D eigenvalue weighted by molar-refractivity contribution is 6.29. The number of amides is 1. The molecule has 1 aromatic carbocycles. The molecule has 1 amide bonds. The maximum absolute atomic E-state index is 13.5. The van der Waals surface area contributed by atoms with Gasteiger partial charge in [-0.3, -0.25) is 19.0 Å². The van der Waals surface area contributed by atoms with Crippen LogP contribution in [0.4, 0.5) is 11.6 Å². The van der Waals surface area contributed by atoms with E-state index in [0.717, 1.165) is 11.1 Å². The Labute approximate surface area is 223 Å². The van der Waals surface area contributed by atoms with Crippen LogP contribution in [-0.4, -0.2) is 63.8 Å². The van der Waals surface area contributed by atoms with Gasteiger partial charge in [-0.2, -0.15) is 0 Å². The van der Waals surface area contributed by atoms with E-state index in [1.54, 1.807) is 24.7 Å². The van der Waals surface area contributed by atoms with Crippen LogP contribution in [0.1, 0.15) is 34.6 Å². The van der Waals surface area contributed by atoms with E-state index >= 15 is 0 Å². The maximum Gasteiger partial charge on any atom is 0.356 e. The van der Waals surface area contributed by atoms with Crippen LogP contribution in [-0.2, 0) is 16.7 Å². The molecule has 1 saturated heterocycles. The van der Waals surface area contributed by atoms with Gasteiger partial charge in [-0.25, -0.2) is 19.8 Å².